The summed E-state index contributed by atoms with van der Waals surface area (Å²) in [6.45, 7) is 32.6. The second-order valence-electron chi connectivity index (χ2n) is 44.3. The quantitative estimate of drug-likeness (QED) is 0.0329. The van der Waals surface area contributed by atoms with Gasteiger partial charge in [0.15, 0.2) is 0 Å². The van der Waals surface area contributed by atoms with E-state index in [0.717, 1.165) is 143 Å². The molecular formula is C108H139BrCl3F3N18O6. The van der Waals surface area contributed by atoms with Gasteiger partial charge >= 0.3 is 0 Å². The number of hydrogen-bond donors (Lipinski definition) is 6. The van der Waals surface area contributed by atoms with Crippen LogP contribution in [-0.4, -0.2) is 98.4 Å². The molecule has 6 amide bonds. The molecular weight excluding hydrogens is 1890 g/mol. The molecule has 24 nitrogen and oxygen atoms in total. The highest BCUT2D eigenvalue weighted by atomic mass is 79.9. The molecule has 0 spiro atoms. The number of rotatable bonds is 24. The van der Waals surface area contributed by atoms with E-state index in [1.54, 1.807) is 13.0 Å². The number of amides is 6. The van der Waals surface area contributed by atoms with Gasteiger partial charge in [-0.3, -0.25) is 60.7 Å². The van der Waals surface area contributed by atoms with Crippen LogP contribution in [0.2, 0.25) is 15.1 Å². The van der Waals surface area contributed by atoms with E-state index in [4.69, 9.17) is 39.8 Å². The summed E-state index contributed by atoms with van der Waals surface area (Å²) in [4.78, 5) is 102. The Bertz CT molecular complexity index is 6460. The highest BCUT2D eigenvalue weighted by Gasteiger charge is 2.42. The van der Waals surface area contributed by atoms with Gasteiger partial charge in [0.2, 0.25) is 71.1 Å². The van der Waals surface area contributed by atoms with Crippen molar-refractivity contribution < 1.29 is 41.9 Å². The molecule has 0 unspecified atom stereocenters. The van der Waals surface area contributed by atoms with Gasteiger partial charge < -0.3 is 27.4 Å². The predicted molar refractivity (Wildman–Crippen MR) is 559 cm³/mol. The van der Waals surface area contributed by atoms with Crippen LogP contribution in [0, 0.1) is 45.8 Å². The number of imidazole rings is 6. The number of benzene rings is 6. The monoisotopic (exact) mass is 2020 g/mol. The topological polar surface area (TPSA) is 282 Å². The smallest absolute Gasteiger partial charge is 0.263 e. The summed E-state index contributed by atoms with van der Waals surface area (Å²) in [5.74, 6) is 4.97. The molecule has 6 N–H and O–H groups in total. The number of halogens is 7. The van der Waals surface area contributed by atoms with E-state index < -0.39 is 12.1 Å². The number of alkyl halides is 3. The number of nitrogens with one attached hydrogen (secondary N) is 6. The van der Waals surface area contributed by atoms with Gasteiger partial charge in [0, 0.05) is 98.9 Å². The van der Waals surface area contributed by atoms with Crippen molar-refractivity contribution in [1.82, 2.24) is 57.3 Å². The van der Waals surface area contributed by atoms with Crippen LogP contribution in [0.3, 0.4) is 0 Å². The molecule has 746 valence electrons. The Balaban J connectivity index is 0.000000126. The molecule has 20 rings (SSSR count). The second-order valence-corrected chi connectivity index (χ2v) is 46.5. The first-order valence-corrected chi connectivity index (χ1v) is 52.3. The van der Waals surface area contributed by atoms with Crippen molar-refractivity contribution in [3.63, 3.8) is 0 Å². The van der Waals surface area contributed by atoms with Crippen molar-refractivity contribution >= 4 is 188 Å². The maximum Gasteiger partial charge on any atom is 0.263 e. The molecule has 0 saturated heterocycles. The summed E-state index contributed by atoms with van der Waals surface area (Å²) >= 11 is 21.9. The largest absolute Gasteiger partial charge is 0.307 e. The summed E-state index contributed by atoms with van der Waals surface area (Å²) in [6.07, 6.45) is 24.3. The Kier molecular flexibility index (Phi) is 32.4. The number of nitrogens with zero attached hydrogens (tertiary/aromatic N) is 12. The highest BCUT2D eigenvalue weighted by molar-refractivity contribution is 9.10. The molecule has 8 saturated carbocycles. The number of hydrogen-bond acceptors (Lipinski definition) is 12. The summed E-state index contributed by atoms with van der Waals surface area (Å²) < 4.78 is 53.5. The van der Waals surface area contributed by atoms with Gasteiger partial charge in [0.05, 0.1) is 66.2 Å². The summed E-state index contributed by atoms with van der Waals surface area (Å²) in [5, 5.41) is 20.1. The molecule has 8 fully saturated rings. The number of anilines is 6. The third-order valence-electron chi connectivity index (χ3n) is 29.3. The van der Waals surface area contributed by atoms with Crippen LogP contribution in [0.15, 0.2) is 114 Å². The lowest BCUT2D eigenvalue weighted by Gasteiger charge is -2.38. The standard InChI is InChI=1S/C20H29N3O.C18H21ClFN3O.C18H22ClN3O.C18H23F2N3O.C17H22BrN3O.C17H22ClN3O/c1-12(2)14(5)19(24)22-20-21-17-10-9-15(13(3)4)11-18(17)23(20)16-7-6-8-16;1-18(20)9-11(10-18)7-16(24)22-17-21-14-6-5-12(19)8-15(14)23(17)13-3-2-4-13;1-18(8-3-9-18)11-16(23)21-17-20-14-7-6-12(19)10-15(14)22(17)13-4-2-5-13;1-18(2,3)10-15(24)22-17-21-13-8-7-11(16(19)20)9-14(13)23(17)12-5-4-6-12;1-17(2,3)10-15(22)20-16-19-13-8-7-11(18)9-14(13)21(16)12-5-4-6-12;1-10(2)11(3)16(22)20-17-19-14-8-7-12(18)9-15(14)21(17)13-5-4-6-13/h9-14,16H,6-8H2,1-5H3,(H,21,22,24);5-6,8,11,13H,2-4,7,9-10H2,1H3,(H,21,22,24);6-7,10,13H,2-5,8-9,11H2,1H3,(H,20,21,23);7-9,12,16H,4-6,10H2,1-3H3,(H,21,22,24);7-9,12H,4-6,10H2,1-3H3,(H,19,20,22);7-11,13H,4-6H2,1-3H3,(H,19,20,22)/t14-;;;;;11-/m0....0/s1. The molecule has 8 aliphatic carbocycles. The van der Waals surface area contributed by atoms with Crippen molar-refractivity contribution in [2.75, 3.05) is 31.9 Å². The predicted octanol–water partition coefficient (Wildman–Crippen LogP) is 29.5. The van der Waals surface area contributed by atoms with Crippen LogP contribution >= 0.6 is 50.7 Å². The van der Waals surface area contributed by atoms with E-state index in [1.165, 1.54) is 69.1 Å². The molecule has 31 heteroatoms. The van der Waals surface area contributed by atoms with E-state index in [2.05, 4.69) is 189 Å². The summed E-state index contributed by atoms with van der Waals surface area (Å²) in [7, 11) is 0. The molecule has 139 heavy (non-hydrogen) atoms. The van der Waals surface area contributed by atoms with Gasteiger partial charge in [-0.05, 0) is 291 Å². The maximum absolute atomic E-state index is 13.6. The van der Waals surface area contributed by atoms with E-state index in [0.29, 0.717) is 148 Å². The molecule has 6 aromatic carbocycles. The summed E-state index contributed by atoms with van der Waals surface area (Å²) in [5.41, 5.74) is 11.3. The maximum atomic E-state index is 13.6. The first-order chi connectivity index (χ1) is 65.9. The minimum absolute atomic E-state index is 0.0180. The fraction of sp³-hybridized carbons (Fsp3) is 0.556. The fourth-order valence-electron chi connectivity index (χ4n) is 19.2. The minimum atomic E-state index is -2.52. The lowest BCUT2D eigenvalue weighted by molar-refractivity contribution is -0.121. The molecule has 6 heterocycles. The average molecular weight is 2030 g/mol. The van der Waals surface area contributed by atoms with Crippen LogP contribution in [0.25, 0.3) is 66.2 Å². The molecule has 2 atom stereocenters. The Hall–Kier alpha value is -9.90. The SMILES string of the molecule is CC(C)(C)CC(=O)Nc1nc2ccc(Br)cc2n1C1CCC1.CC(C)(C)CC(=O)Nc1nc2ccc(C(F)F)cc2n1C1CCC1.CC(C)[C@H](C)C(=O)Nc1nc2ccc(Cl)cc2n1C1CCC1.CC(C)c1ccc2nc(NC(=O)[C@@H](C)C(C)C)n(C3CCC3)c2c1.CC1(CC(=O)Nc2nc3ccc(Cl)cc3n2C2CCC2)CCC1.CC1(F)CC(CC(=O)Nc2nc3ccc(Cl)cc3n2C2CCC2)C1. The Morgan fingerprint density at radius 3 is 0.950 bits per heavy atom. The zero-order valence-electron chi connectivity index (χ0n) is 83.5. The summed E-state index contributed by atoms with van der Waals surface area (Å²) in [6, 6.07) is 36.3. The van der Waals surface area contributed by atoms with Crippen molar-refractivity contribution in [3.05, 3.63) is 140 Å². The van der Waals surface area contributed by atoms with Crippen molar-refractivity contribution in [2.24, 2.45) is 45.8 Å². The number of carbonyl (C=O) groups excluding carboxylic acids is 6. The first-order valence-electron chi connectivity index (χ1n) is 50.4. The number of aromatic nitrogens is 12. The van der Waals surface area contributed by atoms with Gasteiger partial charge in [-0.25, -0.2) is 43.1 Å². The Morgan fingerprint density at radius 2 is 0.669 bits per heavy atom. The minimum Gasteiger partial charge on any atom is -0.307 e. The fourth-order valence-corrected chi connectivity index (χ4v) is 20.0. The second kappa shape index (κ2) is 43.5. The lowest BCUT2D eigenvalue weighted by atomic mass is 9.68. The number of carbonyl (C=O) groups is 6. The van der Waals surface area contributed by atoms with Gasteiger partial charge in [0.1, 0.15) is 5.67 Å². The van der Waals surface area contributed by atoms with Gasteiger partial charge in [0.25, 0.3) is 6.43 Å². The molecule has 6 aromatic heterocycles. The lowest BCUT2D eigenvalue weighted by Crippen LogP contribution is -2.38. The van der Waals surface area contributed by atoms with E-state index in [9.17, 15) is 41.9 Å². The third-order valence-corrected chi connectivity index (χ3v) is 30.5. The zero-order chi connectivity index (χ0) is 99.6. The first kappa shape index (κ1) is 103. The van der Waals surface area contributed by atoms with Crippen LogP contribution in [0.5, 0.6) is 0 Å². The van der Waals surface area contributed by atoms with E-state index in [1.807, 2.05) is 106 Å². The van der Waals surface area contributed by atoms with Gasteiger partial charge in [-0.15, -0.1) is 0 Å². The molecule has 8 aliphatic rings. The Labute approximate surface area is 837 Å². The van der Waals surface area contributed by atoms with E-state index >= 15 is 0 Å². The van der Waals surface area contributed by atoms with Crippen LogP contribution < -0.4 is 31.9 Å². The highest BCUT2D eigenvalue weighted by Crippen LogP contribution is 2.49. The van der Waals surface area contributed by atoms with Crippen LogP contribution in [0.1, 0.15) is 344 Å². The van der Waals surface area contributed by atoms with Gasteiger partial charge in [-0.2, -0.15) is 0 Å². The van der Waals surface area contributed by atoms with Crippen molar-refractivity contribution in [2.45, 2.75) is 338 Å². The van der Waals surface area contributed by atoms with Crippen molar-refractivity contribution in [3.8, 4) is 0 Å². The van der Waals surface area contributed by atoms with Gasteiger partial charge in [-0.1, -0.05) is 173 Å². The average Bonchev–Trinajstić information content (AvgIpc) is 1.68. The molecule has 12 aromatic rings. The van der Waals surface area contributed by atoms with E-state index in [-0.39, 0.29) is 81.0 Å². The Morgan fingerprint density at radius 1 is 0.388 bits per heavy atom. The third kappa shape index (κ3) is 25.1. The number of fused-ring (bicyclic) bond motifs is 6. The molecule has 0 aliphatic heterocycles. The molecule has 0 radical (unpaired) electrons. The molecule has 0 bridgehead atoms. The van der Waals surface area contributed by atoms with Crippen molar-refractivity contribution in [1.29, 1.82) is 0 Å². The van der Waals surface area contributed by atoms with Crippen LogP contribution in [0.4, 0.5) is 48.9 Å². The zero-order valence-corrected chi connectivity index (χ0v) is 87.3. The van der Waals surface area contributed by atoms with Crippen LogP contribution in [-0.2, 0) is 28.8 Å². The normalized spacial score (nSPS) is 18.7.